The van der Waals surface area contributed by atoms with Gasteiger partial charge in [0.1, 0.15) is 11.5 Å². The minimum atomic E-state index is -0.622. The third kappa shape index (κ3) is 3.14. The van der Waals surface area contributed by atoms with Gasteiger partial charge in [-0.15, -0.1) is 0 Å². The van der Waals surface area contributed by atoms with E-state index in [1.54, 1.807) is 12.1 Å². The summed E-state index contributed by atoms with van der Waals surface area (Å²) in [4.78, 5) is 6.22. The van der Waals surface area contributed by atoms with E-state index < -0.39 is 5.60 Å². The summed E-state index contributed by atoms with van der Waals surface area (Å²) in [5, 5.41) is 22.0. The first-order valence-corrected chi connectivity index (χ1v) is 6.42. The maximum atomic E-state index is 10.4. The molecule has 6 heteroatoms. The van der Waals surface area contributed by atoms with Crippen LogP contribution >= 0.6 is 0 Å². The lowest BCUT2D eigenvalue weighted by Crippen LogP contribution is -2.39. The first kappa shape index (κ1) is 13.6. The third-order valence-corrected chi connectivity index (χ3v) is 3.56. The van der Waals surface area contributed by atoms with Crippen LogP contribution in [0.1, 0.15) is 31.4 Å². The molecule has 1 fully saturated rings. The SMILES string of the molecule is CN(CC1(O)CCCC1)c1cccc(/C(N)=N/O)n1. The number of rotatable bonds is 4. The van der Waals surface area contributed by atoms with Crippen LogP contribution in [0.15, 0.2) is 23.4 Å². The van der Waals surface area contributed by atoms with E-state index in [9.17, 15) is 5.11 Å². The van der Waals surface area contributed by atoms with Gasteiger partial charge in [-0.05, 0) is 25.0 Å². The van der Waals surface area contributed by atoms with Crippen LogP contribution in [0, 0.1) is 0 Å². The molecule has 4 N–H and O–H groups in total. The summed E-state index contributed by atoms with van der Waals surface area (Å²) in [6.45, 7) is 0.541. The van der Waals surface area contributed by atoms with Crippen LogP contribution in [-0.2, 0) is 0 Å². The Morgan fingerprint density at radius 2 is 2.16 bits per heavy atom. The summed E-state index contributed by atoms with van der Waals surface area (Å²) in [5.41, 5.74) is 5.32. The molecule has 1 aliphatic rings. The fourth-order valence-electron chi connectivity index (χ4n) is 2.54. The van der Waals surface area contributed by atoms with Crippen LogP contribution in [0.2, 0.25) is 0 Å². The summed E-state index contributed by atoms with van der Waals surface area (Å²) < 4.78 is 0. The number of aromatic nitrogens is 1. The Kier molecular flexibility index (Phi) is 3.90. The van der Waals surface area contributed by atoms with Gasteiger partial charge in [0.2, 0.25) is 0 Å². The van der Waals surface area contributed by atoms with Gasteiger partial charge >= 0.3 is 0 Å². The van der Waals surface area contributed by atoms with E-state index in [1.807, 2.05) is 18.0 Å². The molecule has 104 valence electrons. The zero-order valence-corrected chi connectivity index (χ0v) is 11.1. The monoisotopic (exact) mass is 264 g/mol. The van der Waals surface area contributed by atoms with Crippen LogP contribution in [0.5, 0.6) is 0 Å². The van der Waals surface area contributed by atoms with Gasteiger partial charge in [-0.25, -0.2) is 4.98 Å². The van der Waals surface area contributed by atoms with Crippen molar-refractivity contribution in [1.82, 2.24) is 4.98 Å². The second kappa shape index (κ2) is 5.44. The van der Waals surface area contributed by atoms with E-state index in [-0.39, 0.29) is 5.84 Å². The van der Waals surface area contributed by atoms with Crippen molar-refractivity contribution in [3.05, 3.63) is 23.9 Å². The smallest absolute Gasteiger partial charge is 0.188 e. The molecule has 1 saturated carbocycles. The zero-order chi connectivity index (χ0) is 13.9. The Bertz CT molecular complexity index is 469. The molecule has 0 aliphatic heterocycles. The number of likely N-dealkylation sites (N-methyl/N-ethyl adjacent to an activating group) is 1. The molecule has 6 nitrogen and oxygen atoms in total. The van der Waals surface area contributed by atoms with Crippen molar-refractivity contribution in [2.45, 2.75) is 31.3 Å². The minimum absolute atomic E-state index is 0.0187. The molecule has 0 radical (unpaired) electrons. The predicted molar refractivity (Wildman–Crippen MR) is 73.4 cm³/mol. The lowest BCUT2D eigenvalue weighted by molar-refractivity contribution is 0.0558. The maximum absolute atomic E-state index is 10.4. The molecule has 2 rings (SSSR count). The number of aliphatic hydroxyl groups is 1. The van der Waals surface area contributed by atoms with Crippen molar-refractivity contribution in [3.8, 4) is 0 Å². The number of hydrogen-bond acceptors (Lipinski definition) is 5. The van der Waals surface area contributed by atoms with E-state index in [0.717, 1.165) is 25.7 Å². The number of hydrogen-bond donors (Lipinski definition) is 3. The first-order valence-electron chi connectivity index (χ1n) is 6.42. The number of nitrogens with zero attached hydrogens (tertiary/aromatic N) is 3. The minimum Gasteiger partial charge on any atom is -0.409 e. The topological polar surface area (TPSA) is 95.0 Å². The number of amidine groups is 1. The summed E-state index contributed by atoms with van der Waals surface area (Å²) in [6, 6.07) is 5.31. The average Bonchev–Trinajstić information content (AvgIpc) is 2.84. The summed E-state index contributed by atoms with van der Waals surface area (Å²) in [6.07, 6.45) is 3.80. The van der Waals surface area contributed by atoms with Gasteiger partial charge in [0.15, 0.2) is 5.84 Å². The van der Waals surface area contributed by atoms with Crippen LogP contribution in [0.25, 0.3) is 0 Å². The van der Waals surface area contributed by atoms with Crippen LogP contribution < -0.4 is 10.6 Å². The van der Waals surface area contributed by atoms with Gasteiger partial charge in [0, 0.05) is 13.6 Å². The Balaban J connectivity index is 2.12. The quantitative estimate of drug-likeness (QED) is 0.325. The van der Waals surface area contributed by atoms with Gasteiger partial charge in [-0.1, -0.05) is 24.1 Å². The second-order valence-corrected chi connectivity index (χ2v) is 5.15. The van der Waals surface area contributed by atoms with Crippen molar-refractivity contribution in [2.24, 2.45) is 10.9 Å². The van der Waals surface area contributed by atoms with Gasteiger partial charge in [-0.2, -0.15) is 0 Å². The van der Waals surface area contributed by atoms with Gasteiger partial charge in [-0.3, -0.25) is 0 Å². The molecule has 1 aromatic rings. The number of anilines is 1. The standard InChI is InChI=1S/C13H20N4O2/c1-17(9-13(18)7-2-3-8-13)11-6-4-5-10(15-11)12(14)16-19/h4-6,18-19H,2-3,7-9H2,1H3,(H2,14,16). The molecule has 0 bridgehead atoms. The fourth-order valence-corrected chi connectivity index (χ4v) is 2.54. The number of oxime groups is 1. The average molecular weight is 264 g/mol. The number of nitrogens with two attached hydrogens (primary N) is 1. The molecular formula is C13H20N4O2. The van der Waals surface area contributed by atoms with E-state index in [4.69, 9.17) is 10.9 Å². The third-order valence-electron chi connectivity index (χ3n) is 3.56. The van der Waals surface area contributed by atoms with E-state index in [0.29, 0.717) is 18.1 Å². The van der Waals surface area contributed by atoms with Gasteiger partial charge in [0.25, 0.3) is 0 Å². The van der Waals surface area contributed by atoms with E-state index >= 15 is 0 Å². The highest BCUT2D eigenvalue weighted by atomic mass is 16.4. The summed E-state index contributed by atoms with van der Waals surface area (Å²) in [7, 11) is 1.88. The van der Waals surface area contributed by atoms with Gasteiger partial charge < -0.3 is 20.9 Å². The highest BCUT2D eigenvalue weighted by Crippen LogP contribution is 2.30. The number of pyridine rings is 1. The van der Waals surface area contributed by atoms with Crippen LogP contribution in [0.3, 0.4) is 0 Å². The Morgan fingerprint density at radius 1 is 1.47 bits per heavy atom. The Labute approximate surface area is 112 Å². The summed E-state index contributed by atoms with van der Waals surface area (Å²) in [5.74, 6) is 0.680. The molecule has 1 heterocycles. The molecule has 0 unspecified atom stereocenters. The summed E-state index contributed by atoms with van der Waals surface area (Å²) >= 11 is 0. The van der Waals surface area contributed by atoms with Crippen LogP contribution in [-0.4, -0.2) is 40.3 Å². The van der Waals surface area contributed by atoms with Gasteiger partial charge in [0.05, 0.1) is 5.60 Å². The first-order chi connectivity index (χ1) is 9.04. The normalized spacial score (nSPS) is 18.5. The molecule has 0 amide bonds. The van der Waals surface area contributed by atoms with Crippen LogP contribution in [0.4, 0.5) is 5.82 Å². The zero-order valence-electron chi connectivity index (χ0n) is 11.1. The van der Waals surface area contributed by atoms with Crippen molar-refractivity contribution >= 4 is 11.7 Å². The molecule has 1 aromatic heterocycles. The fraction of sp³-hybridized carbons (Fsp3) is 0.538. The van der Waals surface area contributed by atoms with Crippen molar-refractivity contribution in [3.63, 3.8) is 0 Å². The van der Waals surface area contributed by atoms with E-state index in [2.05, 4.69) is 10.1 Å². The highest BCUT2D eigenvalue weighted by molar-refractivity contribution is 5.95. The lowest BCUT2D eigenvalue weighted by atomic mass is 10.0. The van der Waals surface area contributed by atoms with E-state index in [1.165, 1.54) is 0 Å². The maximum Gasteiger partial charge on any atom is 0.188 e. The molecule has 0 atom stereocenters. The van der Waals surface area contributed by atoms with Crippen molar-refractivity contribution in [1.29, 1.82) is 0 Å². The molecule has 19 heavy (non-hydrogen) atoms. The largest absolute Gasteiger partial charge is 0.409 e. The molecule has 1 aliphatic carbocycles. The van der Waals surface area contributed by atoms with Crippen molar-refractivity contribution in [2.75, 3.05) is 18.5 Å². The predicted octanol–water partition coefficient (Wildman–Crippen LogP) is 0.917. The second-order valence-electron chi connectivity index (χ2n) is 5.15. The lowest BCUT2D eigenvalue weighted by Gasteiger charge is -2.29. The molecule has 0 saturated heterocycles. The van der Waals surface area contributed by atoms with Crippen molar-refractivity contribution < 1.29 is 10.3 Å². The molecular weight excluding hydrogens is 244 g/mol. The Morgan fingerprint density at radius 3 is 2.79 bits per heavy atom. The Hall–Kier alpha value is -1.82. The molecule has 0 spiro atoms. The highest BCUT2D eigenvalue weighted by Gasteiger charge is 2.32. The molecule has 0 aromatic carbocycles.